The van der Waals surface area contributed by atoms with Gasteiger partial charge < -0.3 is 9.73 Å². The van der Waals surface area contributed by atoms with Gasteiger partial charge in [0.25, 0.3) is 10.0 Å². The summed E-state index contributed by atoms with van der Waals surface area (Å²) in [5.41, 5.74) is 0. The summed E-state index contributed by atoms with van der Waals surface area (Å²) in [5, 5.41) is 6.98. The third kappa shape index (κ3) is 5.07. The number of nitrogens with one attached hydrogen (secondary N) is 1. The molecule has 1 atom stereocenters. The van der Waals surface area contributed by atoms with Crippen LogP contribution in [0.2, 0.25) is 0 Å². The maximum atomic E-state index is 12.0. The van der Waals surface area contributed by atoms with Crippen molar-refractivity contribution in [3.63, 3.8) is 0 Å². The summed E-state index contributed by atoms with van der Waals surface area (Å²) in [5.74, 6) is 0.202. The fraction of sp³-hybridized carbons (Fsp3) is 0.556. The second-order valence-electron chi connectivity index (χ2n) is 3.87. The van der Waals surface area contributed by atoms with Gasteiger partial charge in [0.1, 0.15) is 5.76 Å². The molecule has 0 saturated heterocycles. The van der Waals surface area contributed by atoms with Crippen LogP contribution in [0.4, 0.5) is 13.2 Å². The van der Waals surface area contributed by atoms with Crippen molar-refractivity contribution in [1.82, 2.24) is 5.32 Å². The number of rotatable bonds is 5. The van der Waals surface area contributed by atoms with Crippen molar-refractivity contribution < 1.29 is 26.0 Å². The van der Waals surface area contributed by atoms with E-state index >= 15 is 0 Å². The first-order valence-electron chi connectivity index (χ1n) is 4.99. The topological polar surface area (TPSA) is 85.3 Å². The third-order valence-corrected chi connectivity index (χ3v) is 2.86. The van der Waals surface area contributed by atoms with E-state index in [-0.39, 0.29) is 12.3 Å². The smallest absolute Gasteiger partial charge is 0.390 e. The van der Waals surface area contributed by atoms with Crippen LogP contribution in [0.5, 0.6) is 0 Å². The highest BCUT2D eigenvalue weighted by Gasteiger charge is 2.29. The molecule has 0 spiro atoms. The van der Waals surface area contributed by atoms with Crippen LogP contribution in [0.3, 0.4) is 0 Å². The number of hydrogen-bond donors (Lipinski definition) is 2. The Balaban J connectivity index is 2.52. The molecule has 18 heavy (non-hydrogen) atoms. The number of halogens is 3. The standard InChI is InChI=1S/C9H13F3N2O3S/c1-6(4-9(10,11)12)14-5-7-2-3-8(17-7)18(13,15)16/h2-3,6,14H,4-5H2,1H3,(H2,13,15,16). The fourth-order valence-corrected chi connectivity index (χ4v) is 1.78. The molecule has 104 valence electrons. The molecular weight excluding hydrogens is 273 g/mol. The van der Waals surface area contributed by atoms with Gasteiger partial charge in [-0.3, -0.25) is 0 Å². The molecule has 0 fully saturated rings. The highest BCUT2D eigenvalue weighted by molar-refractivity contribution is 7.89. The minimum atomic E-state index is -4.25. The normalized spacial score (nSPS) is 14.7. The van der Waals surface area contributed by atoms with E-state index in [4.69, 9.17) is 9.56 Å². The minimum absolute atomic E-state index is 0.00718. The summed E-state index contributed by atoms with van der Waals surface area (Å²) in [7, 11) is -3.92. The zero-order chi connectivity index (χ0) is 14.0. The summed E-state index contributed by atoms with van der Waals surface area (Å²) in [6.07, 6.45) is -5.23. The zero-order valence-electron chi connectivity index (χ0n) is 9.49. The van der Waals surface area contributed by atoms with Gasteiger partial charge in [0.05, 0.1) is 13.0 Å². The molecule has 1 rings (SSSR count). The Morgan fingerprint density at radius 1 is 1.44 bits per heavy atom. The van der Waals surface area contributed by atoms with Gasteiger partial charge in [0.2, 0.25) is 5.09 Å². The molecular formula is C9H13F3N2O3S. The summed E-state index contributed by atoms with van der Waals surface area (Å²) in [4.78, 5) is 0. The van der Waals surface area contributed by atoms with Crippen LogP contribution in [0, 0.1) is 0 Å². The third-order valence-electron chi connectivity index (χ3n) is 2.08. The largest absolute Gasteiger partial charge is 0.447 e. The Kier molecular flexibility index (Phi) is 4.41. The maximum absolute atomic E-state index is 12.0. The molecule has 0 amide bonds. The van der Waals surface area contributed by atoms with Gasteiger partial charge in [-0.15, -0.1) is 0 Å². The molecule has 1 unspecified atom stereocenters. The molecule has 0 radical (unpaired) electrons. The molecule has 0 aliphatic carbocycles. The second-order valence-corrected chi connectivity index (χ2v) is 5.36. The molecule has 0 bridgehead atoms. The molecule has 1 aromatic heterocycles. The van der Waals surface area contributed by atoms with Crippen LogP contribution in [-0.2, 0) is 16.6 Å². The lowest BCUT2D eigenvalue weighted by Crippen LogP contribution is -2.30. The van der Waals surface area contributed by atoms with Gasteiger partial charge in [0, 0.05) is 6.04 Å². The predicted octanol–water partition coefficient (Wildman–Crippen LogP) is 1.36. The molecule has 1 aromatic rings. The van der Waals surface area contributed by atoms with Crippen molar-refractivity contribution in [3.05, 3.63) is 17.9 Å². The number of sulfonamides is 1. The van der Waals surface area contributed by atoms with Gasteiger partial charge in [-0.05, 0) is 19.1 Å². The molecule has 0 aliphatic rings. The quantitative estimate of drug-likeness (QED) is 0.855. The number of nitrogens with two attached hydrogens (primary N) is 1. The minimum Gasteiger partial charge on any atom is -0.447 e. The first-order chi connectivity index (χ1) is 8.08. The van der Waals surface area contributed by atoms with Crippen LogP contribution >= 0.6 is 0 Å². The van der Waals surface area contributed by atoms with Crippen LogP contribution in [0.1, 0.15) is 19.1 Å². The Bertz CT molecular complexity index is 495. The van der Waals surface area contributed by atoms with Crippen molar-refractivity contribution in [1.29, 1.82) is 0 Å². The molecule has 3 N–H and O–H groups in total. The van der Waals surface area contributed by atoms with Crippen molar-refractivity contribution in [2.75, 3.05) is 0 Å². The van der Waals surface area contributed by atoms with Gasteiger partial charge in [-0.25, -0.2) is 13.6 Å². The maximum Gasteiger partial charge on any atom is 0.390 e. The monoisotopic (exact) mass is 286 g/mol. The Morgan fingerprint density at radius 2 is 2.06 bits per heavy atom. The van der Waals surface area contributed by atoms with E-state index in [1.54, 1.807) is 0 Å². The molecule has 0 saturated carbocycles. The number of primary sulfonamides is 1. The zero-order valence-corrected chi connectivity index (χ0v) is 10.3. The molecule has 9 heteroatoms. The highest BCUT2D eigenvalue weighted by atomic mass is 32.2. The van der Waals surface area contributed by atoms with Crippen LogP contribution in [0.15, 0.2) is 21.6 Å². The van der Waals surface area contributed by atoms with Gasteiger partial charge in [-0.2, -0.15) is 13.2 Å². The van der Waals surface area contributed by atoms with E-state index < -0.39 is 33.8 Å². The van der Waals surface area contributed by atoms with E-state index in [0.717, 1.165) is 6.07 Å². The SMILES string of the molecule is CC(CC(F)(F)F)NCc1ccc(S(N)(=O)=O)o1. The number of hydrogen-bond acceptors (Lipinski definition) is 4. The molecule has 0 aromatic carbocycles. The summed E-state index contributed by atoms with van der Waals surface area (Å²) in [6, 6.07) is 1.70. The van der Waals surface area contributed by atoms with Gasteiger partial charge in [-0.1, -0.05) is 0 Å². The number of furan rings is 1. The highest BCUT2D eigenvalue weighted by Crippen LogP contribution is 2.21. The van der Waals surface area contributed by atoms with E-state index in [1.807, 2.05) is 0 Å². The first kappa shape index (κ1) is 15.0. The Hall–Kier alpha value is -1.06. The van der Waals surface area contributed by atoms with E-state index in [1.165, 1.54) is 13.0 Å². The second kappa shape index (κ2) is 5.29. The first-order valence-corrected chi connectivity index (χ1v) is 6.54. The van der Waals surface area contributed by atoms with Crippen molar-refractivity contribution >= 4 is 10.0 Å². The van der Waals surface area contributed by atoms with Crippen LogP contribution in [0.25, 0.3) is 0 Å². The van der Waals surface area contributed by atoms with Gasteiger partial charge >= 0.3 is 6.18 Å². The summed E-state index contributed by atoms with van der Waals surface area (Å²) >= 11 is 0. The average Bonchev–Trinajstić information content (AvgIpc) is 2.59. The van der Waals surface area contributed by atoms with Crippen LogP contribution < -0.4 is 10.5 Å². The Labute approximate surface area is 102 Å². The van der Waals surface area contributed by atoms with Gasteiger partial charge in [0.15, 0.2) is 0 Å². The average molecular weight is 286 g/mol. The van der Waals surface area contributed by atoms with E-state index in [9.17, 15) is 21.6 Å². The predicted molar refractivity (Wildman–Crippen MR) is 57.1 cm³/mol. The van der Waals surface area contributed by atoms with Crippen LogP contribution in [-0.4, -0.2) is 20.6 Å². The number of alkyl halides is 3. The van der Waals surface area contributed by atoms with E-state index in [2.05, 4.69) is 5.32 Å². The molecule has 0 aliphatic heterocycles. The molecule has 5 nitrogen and oxygen atoms in total. The Morgan fingerprint density at radius 3 is 2.50 bits per heavy atom. The summed E-state index contributed by atoms with van der Waals surface area (Å²) < 4.78 is 62.7. The van der Waals surface area contributed by atoms with Crippen molar-refractivity contribution in [2.45, 2.75) is 37.2 Å². The summed E-state index contributed by atoms with van der Waals surface area (Å²) in [6.45, 7) is 1.36. The lowest BCUT2D eigenvalue weighted by molar-refractivity contribution is -0.139. The lowest BCUT2D eigenvalue weighted by Gasteiger charge is -2.14. The molecule has 1 heterocycles. The fourth-order valence-electron chi connectivity index (χ4n) is 1.30. The van der Waals surface area contributed by atoms with Crippen molar-refractivity contribution in [3.8, 4) is 0 Å². The lowest BCUT2D eigenvalue weighted by atomic mass is 10.2. The van der Waals surface area contributed by atoms with Crippen molar-refractivity contribution in [2.24, 2.45) is 5.14 Å². The van der Waals surface area contributed by atoms with E-state index in [0.29, 0.717) is 0 Å².